The van der Waals surface area contributed by atoms with Gasteiger partial charge in [-0.05, 0) is 32.0 Å². The molecule has 4 amide bonds. The largest absolute Gasteiger partial charge is 0.367 e. The Morgan fingerprint density at radius 3 is 2.14 bits per heavy atom. The number of anilines is 1. The average molecular weight is 330 g/mol. The first kappa shape index (κ1) is 15.6. The van der Waals surface area contributed by atoms with E-state index in [-0.39, 0.29) is 15.7 Å². The molecule has 8 heteroatoms. The molecule has 0 saturated carbocycles. The van der Waals surface area contributed by atoms with Crippen LogP contribution in [0.3, 0.4) is 0 Å². The van der Waals surface area contributed by atoms with Crippen molar-refractivity contribution in [3.8, 4) is 0 Å². The summed E-state index contributed by atoms with van der Waals surface area (Å²) in [5, 5.41) is 0.563. The van der Waals surface area contributed by atoms with E-state index in [1.807, 2.05) is 0 Å². The predicted octanol–water partition coefficient (Wildman–Crippen LogP) is 2.02. The van der Waals surface area contributed by atoms with Crippen LogP contribution in [0.5, 0.6) is 0 Å². The molecule has 1 aromatic rings. The Kier molecular flexibility index (Phi) is 4.11. The highest BCUT2D eigenvalue weighted by Gasteiger charge is 2.50. The van der Waals surface area contributed by atoms with E-state index in [4.69, 9.17) is 28.9 Å². The number of amides is 4. The second kappa shape index (κ2) is 5.54. The van der Waals surface area contributed by atoms with Crippen molar-refractivity contribution in [3.05, 3.63) is 28.2 Å². The normalized spacial score (nSPS) is 18.8. The zero-order valence-electron chi connectivity index (χ0n) is 11.3. The van der Waals surface area contributed by atoms with E-state index in [9.17, 15) is 14.4 Å². The van der Waals surface area contributed by atoms with Crippen molar-refractivity contribution in [1.82, 2.24) is 4.90 Å². The molecule has 0 bridgehead atoms. The summed E-state index contributed by atoms with van der Waals surface area (Å²) in [7, 11) is 0. The van der Waals surface area contributed by atoms with Gasteiger partial charge in [0.05, 0.1) is 0 Å². The molecule has 2 rings (SSSR count). The topological polar surface area (TPSA) is 83.7 Å². The van der Waals surface area contributed by atoms with E-state index in [0.29, 0.717) is 0 Å². The third-order valence-electron chi connectivity index (χ3n) is 3.05. The first-order valence-corrected chi connectivity index (χ1v) is 6.91. The third kappa shape index (κ3) is 2.69. The second-order valence-corrected chi connectivity index (χ2v) is 5.76. The fraction of sp³-hybridized carbons (Fsp3) is 0.308. The van der Waals surface area contributed by atoms with Gasteiger partial charge in [-0.15, -0.1) is 0 Å². The number of carbonyl (C=O) groups is 3. The van der Waals surface area contributed by atoms with Crippen LogP contribution in [-0.2, 0) is 9.59 Å². The summed E-state index contributed by atoms with van der Waals surface area (Å²) in [4.78, 5) is 38.3. The van der Waals surface area contributed by atoms with Crippen LogP contribution >= 0.6 is 23.2 Å². The first-order chi connectivity index (χ1) is 9.73. The first-order valence-electron chi connectivity index (χ1n) is 6.15. The molecule has 0 aromatic heterocycles. The van der Waals surface area contributed by atoms with Crippen molar-refractivity contribution in [3.63, 3.8) is 0 Å². The number of primary amides is 1. The van der Waals surface area contributed by atoms with Gasteiger partial charge in [0, 0.05) is 21.8 Å². The molecule has 0 radical (unpaired) electrons. The monoisotopic (exact) mass is 329 g/mol. The number of halogens is 2. The Morgan fingerprint density at radius 2 is 1.71 bits per heavy atom. The Hall–Kier alpha value is -1.79. The lowest BCUT2D eigenvalue weighted by Gasteiger charge is -2.21. The zero-order valence-corrected chi connectivity index (χ0v) is 12.9. The maximum atomic E-state index is 12.4. The summed E-state index contributed by atoms with van der Waals surface area (Å²) in [6.07, 6.45) is 0. The van der Waals surface area contributed by atoms with E-state index in [2.05, 4.69) is 0 Å². The van der Waals surface area contributed by atoms with Gasteiger partial charge >= 0.3 is 6.03 Å². The van der Waals surface area contributed by atoms with Crippen molar-refractivity contribution in [2.24, 2.45) is 5.73 Å². The number of carbonyl (C=O) groups excluding carboxylic acids is 3. The molecule has 0 aliphatic carbocycles. The SMILES string of the molecule is CC(C)N1C(=O)C(C(N)=O)N(c2cc(Cl)cc(Cl)c2)C1=O. The maximum absolute atomic E-state index is 12.4. The summed E-state index contributed by atoms with van der Waals surface area (Å²) in [5.41, 5.74) is 5.52. The number of urea groups is 1. The van der Waals surface area contributed by atoms with Gasteiger partial charge in [-0.25, -0.2) is 4.79 Å². The molecular formula is C13H13Cl2N3O3. The van der Waals surface area contributed by atoms with Crippen LogP contribution in [0, 0.1) is 0 Å². The van der Waals surface area contributed by atoms with Crippen LogP contribution in [0.4, 0.5) is 10.5 Å². The predicted molar refractivity (Wildman–Crippen MR) is 79.3 cm³/mol. The van der Waals surface area contributed by atoms with Gasteiger partial charge in [-0.1, -0.05) is 23.2 Å². The van der Waals surface area contributed by atoms with E-state index in [0.717, 1.165) is 9.80 Å². The molecule has 1 aliphatic rings. The number of rotatable bonds is 3. The van der Waals surface area contributed by atoms with E-state index in [1.165, 1.54) is 18.2 Å². The molecule has 112 valence electrons. The van der Waals surface area contributed by atoms with Gasteiger partial charge < -0.3 is 5.73 Å². The molecule has 1 heterocycles. The van der Waals surface area contributed by atoms with Crippen molar-refractivity contribution in [2.45, 2.75) is 25.9 Å². The molecule has 1 fully saturated rings. The summed E-state index contributed by atoms with van der Waals surface area (Å²) >= 11 is 11.8. The number of benzene rings is 1. The van der Waals surface area contributed by atoms with Crippen LogP contribution in [0.1, 0.15) is 13.8 Å². The van der Waals surface area contributed by atoms with Crippen LogP contribution in [0.15, 0.2) is 18.2 Å². The number of nitrogens with two attached hydrogens (primary N) is 1. The summed E-state index contributed by atoms with van der Waals surface area (Å²) in [5.74, 6) is -1.56. The number of nitrogens with zero attached hydrogens (tertiary/aromatic N) is 2. The quantitative estimate of drug-likeness (QED) is 0.680. The molecule has 2 N–H and O–H groups in total. The van der Waals surface area contributed by atoms with E-state index >= 15 is 0 Å². The van der Waals surface area contributed by atoms with Crippen molar-refractivity contribution < 1.29 is 14.4 Å². The molecule has 1 aliphatic heterocycles. The Morgan fingerprint density at radius 1 is 1.19 bits per heavy atom. The minimum atomic E-state index is -1.39. The van der Waals surface area contributed by atoms with Crippen molar-refractivity contribution in [1.29, 1.82) is 0 Å². The summed E-state index contributed by atoms with van der Waals surface area (Å²) in [6.45, 7) is 3.34. The Bertz CT molecular complexity index is 613. The van der Waals surface area contributed by atoms with E-state index in [1.54, 1.807) is 13.8 Å². The Balaban J connectivity index is 2.56. The second-order valence-electron chi connectivity index (χ2n) is 4.89. The maximum Gasteiger partial charge on any atom is 0.332 e. The fourth-order valence-corrected chi connectivity index (χ4v) is 2.74. The van der Waals surface area contributed by atoms with Gasteiger partial charge in [-0.3, -0.25) is 19.4 Å². The summed E-state index contributed by atoms with van der Waals surface area (Å²) in [6, 6.07) is 1.95. The lowest BCUT2D eigenvalue weighted by Crippen LogP contribution is -2.45. The number of hydrogen-bond donors (Lipinski definition) is 1. The molecule has 0 spiro atoms. The molecule has 1 unspecified atom stereocenters. The molecule has 6 nitrogen and oxygen atoms in total. The van der Waals surface area contributed by atoms with Crippen molar-refractivity contribution >= 4 is 46.7 Å². The minimum Gasteiger partial charge on any atom is -0.367 e. The Labute approximate surface area is 131 Å². The smallest absolute Gasteiger partial charge is 0.332 e. The van der Waals surface area contributed by atoms with Gasteiger partial charge in [0.25, 0.3) is 5.91 Å². The zero-order chi connectivity index (χ0) is 15.9. The molecule has 1 aromatic carbocycles. The van der Waals surface area contributed by atoms with Crippen LogP contribution in [-0.4, -0.2) is 34.8 Å². The number of imide groups is 1. The van der Waals surface area contributed by atoms with Crippen LogP contribution in [0.25, 0.3) is 0 Å². The molecule has 1 atom stereocenters. The lowest BCUT2D eigenvalue weighted by atomic mass is 10.2. The van der Waals surface area contributed by atoms with Gasteiger partial charge in [0.2, 0.25) is 5.91 Å². The average Bonchev–Trinajstić information content (AvgIpc) is 2.59. The van der Waals surface area contributed by atoms with Gasteiger partial charge in [0.15, 0.2) is 6.04 Å². The van der Waals surface area contributed by atoms with Crippen molar-refractivity contribution in [2.75, 3.05) is 4.90 Å². The van der Waals surface area contributed by atoms with Crippen LogP contribution < -0.4 is 10.6 Å². The number of hydrogen-bond acceptors (Lipinski definition) is 3. The molecular weight excluding hydrogens is 317 g/mol. The molecule has 1 saturated heterocycles. The summed E-state index contributed by atoms with van der Waals surface area (Å²) < 4.78 is 0. The van der Waals surface area contributed by atoms with Crippen LogP contribution in [0.2, 0.25) is 10.0 Å². The molecule has 21 heavy (non-hydrogen) atoms. The highest BCUT2D eigenvalue weighted by atomic mass is 35.5. The fourth-order valence-electron chi connectivity index (χ4n) is 2.23. The highest BCUT2D eigenvalue weighted by molar-refractivity contribution is 6.35. The lowest BCUT2D eigenvalue weighted by molar-refractivity contribution is -0.133. The van der Waals surface area contributed by atoms with E-state index < -0.39 is 29.9 Å². The van der Waals surface area contributed by atoms with Gasteiger partial charge in [0.1, 0.15) is 0 Å². The minimum absolute atomic E-state index is 0.248. The standard InChI is InChI=1S/C13H13Cl2N3O3/c1-6(2)17-12(20)10(11(16)19)18(13(17)21)9-4-7(14)3-8(15)5-9/h3-6,10H,1-2H3,(H2,16,19). The third-order valence-corrected chi connectivity index (χ3v) is 3.49. The highest BCUT2D eigenvalue weighted by Crippen LogP contribution is 2.31. The van der Waals surface area contributed by atoms with Gasteiger partial charge in [-0.2, -0.15) is 0 Å².